The minimum absolute atomic E-state index is 0.187. The van der Waals surface area contributed by atoms with Crippen molar-refractivity contribution in [3.05, 3.63) is 53.6 Å². The Kier molecular flexibility index (Phi) is 7.30. The maximum absolute atomic E-state index is 13.7. The number of morpholine rings is 1. The highest BCUT2D eigenvalue weighted by Gasteiger charge is 2.44. The summed E-state index contributed by atoms with van der Waals surface area (Å²) in [4.78, 5) is 17.0. The Balaban J connectivity index is 1.76. The summed E-state index contributed by atoms with van der Waals surface area (Å²) in [5.41, 5.74) is 1.61. The van der Waals surface area contributed by atoms with Crippen LogP contribution >= 0.6 is 0 Å². The number of hydrogen-bond acceptors (Lipinski definition) is 6. The van der Waals surface area contributed by atoms with Crippen molar-refractivity contribution in [1.82, 2.24) is 14.1 Å². The van der Waals surface area contributed by atoms with Gasteiger partial charge in [-0.25, -0.2) is 13.2 Å². The number of rotatable bonds is 6. The molecule has 2 saturated heterocycles. The minimum Gasteiger partial charge on any atom is -0.493 e. The first-order valence-electron chi connectivity index (χ1n) is 11.4. The summed E-state index contributed by atoms with van der Waals surface area (Å²) < 4.78 is 45.3. The van der Waals surface area contributed by atoms with Gasteiger partial charge in [0.1, 0.15) is 6.17 Å². The smallest absolute Gasteiger partial charge is 0.321 e. The number of aryl methyl sites for hydroxylation is 1. The Bertz CT molecular complexity index is 1120. The molecule has 2 aromatic carbocycles. The molecule has 2 fully saturated rings. The van der Waals surface area contributed by atoms with Gasteiger partial charge in [-0.05, 0) is 43.7 Å². The van der Waals surface area contributed by atoms with Crippen LogP contribution in [0.15, 0.2) is 47.4 Å². The van der Waals surface area contributed by atoms with E-state index in [1.165, 1.54) is 4.31 Å². The zero-order chi connectivity index (χ0) is 24.3. The second kappa shape index (κ2) is 10.2. The molecule has 0 N–H and O–H groups in total. The maximum atomic E-state index is 13.7. The molecule has 0 aliphatic carbocycles. The van der Waals surface area contributed by atoms with E-state index < -0.39 is 16.2 Å². The number of hydrogen-bond donors (Lipinski definition) is 0. The second-order valence-electron chi connectivity index (χ2n) is 8.22. The number of urea groups is 1. The maximum Gasteiger partial charge on any atom is 0.321 e. The average Bonchev–Trinajstić information content (AvgIpc) is 3.31. The Morgan fingerprint density at radius 1 is 1.03 bits per heavy atom. The summed E-state index contributed by atoms with van der Waals surface area (Å²) in [6, 6.07) is 11.8. The van der Waals surface area contributed by atoms with Crippen molar-refractivity contribution in [1.29, 1.82) is 0 Å². The lowest BCUT2D eigenvalue weighted by Crippen LogP contribution is -2.49. The van der Waals surface area contributed by atoms with Gasteiger partial charge in [0.25, 0.3) is 0 Å². The quantitative estimate of drug-likeness (QED) is 0.620. The highest BCUT2D eigenvalue weighted by molar-refractivity contribution is 7.89. The molecule has 0 bridgehead atoms. The van der Waals surface area contributed by atoms with Crippen LogP contribution in [0.5, 0.6) is 11.5 Å². The standard InChI is InChI=1S/C24H31N3O6S/c1-4-33-22-17-19(7-10-21(22)31-3)23-26(24(28)25-13-15-32-16-14-25)11-12-27(23)34(29,30)20-8-5-18(2)6-9-20/h5-10,17,23H,4,11-16H2,1-3H3. The molecule has 0 saturated carbocycles. The van der Waals surface area contributed by atoms with Gasteiger partial charge < -0.3 is 24.0 Å². The SMILES string of the molecule is CCOc1cc(C2N(C(=O)N3CCOCC3)CCN2S(=O)(=O)c2ccc(C)cc2)ccc1OC. The van der Waals surface area contributed by atoms with Gasteiger partial charge in [0.15, 0.2) is 11.5 Å². The van der Waals surface area contributed by atoms with Crippen molar-refractivity contribution in [2.75, 3.05) is 53.1 Å². The number of sulfonamides is 1. The molecule has 2 aliphatic rings. The van der Waals surface area contributed by atoms with Crippen molar-refractivity contribution in [3.8, 4) is 11.5 Å². The summed E-state index contributed by atoms with van der Waals surface area (Å²) in [6.07, 6.45) is -0.813. The predicted molar refractivity (Wildman–Crippen MR) is 126 cm³/mol. The Hall–Kier alpha value is -2.82. The van der Waals surface area contributed by atoms with Crippen molar-refractivity contribution >= 4 is 16.1 Å². The number of nitrogens with zero attached hydrogens (tertiary/aromatic N) is 3. The molecule has 34 heavy (non-hydrogen) atoms. The first-order valence-corrected chi connectivity index (χ1v) is 12.8. The lowest BCUT2D eigenvalue weighted by molar-refractivity contribution is 0.0400. The third kappa shape index (κ3) is 4.70. The van der Waals surface area contributed by atoms with Crippen molar-refractivity contribution < 1.29 is 27.4 Å². The zero-order valence-corrected chi connectivity index (χ0v) is 20.6. The lowest BCUT2D eigenvalue weighted by Gasteiger charge is -2.35. The lowest BCUT2D eigenvalue weighted by atomic mass is 10.1. The highest BCUT2D eigenvalue weighted by Crippen LogP contribution is 2.39. The second-order valence-corrected chi connectivity index (χ2v) is 10.1. The van der Waals surface area contributed by atoms with E-state index in [9.17, 15) is 13.2 Å². The normalized spacial score (nSPS) is 19.3. The molecular formula is C24H31N3O6S. The number of benzene rings is 2. The van der Waals surface area contributed by atoms with Gasteiger partial charge in [-0.2, -0.15) is 4.31 Å². The van der Waals surface area contributed by atoms with Crippen molar-refractivity contribution in [2.45, 2.75) is 24.9 Å². The molecule has 0 aromatic heterocycles. The predicted octanol–water partition coefficient (Wildman–Crippen LogP) is 2.86. The first kappa shape index (κ1) is 24.3. The van der Waals surface area contributed by atoms with Crippen LogP contribution < -0.4 is 9.47 Å². The average molecular weight is 490 g/mol. The van der Waals surface area contributed by atoms with E-state index >= 15 is 0 Å². The topological polar surface area (TPSA) is 88.6 Å². The summed E-state index contributed by atoms with van der Waals surface area (Å²) in [5, 5.41) is 0. The van der Waals surface area contributed by atoms with Gasteiger partial charge in [-0.3, -0.25) is 0 Å². The molecule has 0 spiro atoms. The van der Waals surface area contributed by atoms with Crippen molar-refractivity contribution in [2.24, 2.45) is 0 Å². The highest BCUT2D eigenvalue weighted by atomic mass is 32.2. The fourth-order valence-electron chi connectivity index (χ4n) is 4.31. The first-order chi connectivity index (χ1) is 16.4. The number of carbonyl (C=O) groups is 1. The molecule has 1 atom stereocenters. The van der Waals surface area contributed by atoms with Crippen LogP contribution in [0.3, 0.4) is 0 Å². The van der Waals surface area contributed by atoms with E-state index in [-0.39, 0.29) is 24.0 Å². The molecule has 1 unspecified atom stereocenters. The van der Waals surface area contributed by atoms with E-state index in [2.05, 4.69) is 0 Å². The molecule has 4 rings (SSSR count). The van der Waals surface area contributed by atoms with Crippen molar-refractivity contribution in [3.63, 3.8) is 0 Å². The van der Waals surface area contributed by atoms with Crippen LogP contribution in [0.4, 0.5) is 4.79 Å². The van der Waals surface area contributed by atoms with Gasteiger partial charge in [0.05, 0.1) is 31.8 Å². The molecule has 9 nitrogen and oxygen atoms in total. The van der Waals surface area contributed by atoms with E-state index in [0.717, 1.165) is 5.56 Å². The molecule has 0 radical (unpaired) electrons. The van der Waals surface area contributed by atoms with Crippen LogP contribution in [-0.4, -0.2) is 81.7 Å². The number of carbonyl (C=O) groups excluding carboxylic acids is 1. The van der Waals surface area contributed by atoms with E-state index in [1.54, 1.807) is 59.4 Å². The summed E-state index contributed by atoms with van der Waals surface area (Å²) in [6.45, 7) is 6.54. The largest absolute Gasteiger partial charge is 0.493 e. The van der Waals surface area contributed by atoms with E-state index in [1.807, 2.05) is 13.8 Å². The van der Waals surface area contributed by atoms with Crippen LogP contribution in [0.25, 0.3) is 0 Å². The summed E-state index contributed by atoms with van der Waals surface area (Å²) in [5.74, 6) is 1.04. The monoisotopic (exact) mass is 489 g/mol. The molecular weight excluding hydrogens is 458 g/mol. The third-order valence-electron chi connectivity index (χ3n) is 6.07. The molecule has 2 aromatic rings. The van der Waals surface area contributed by atoms with E-state index in [0.29, 0.717) is 50.0 Å². The van der Waals surface area contributed by atoms with Crippen LogP contribution in [0, 0.1) is 6.92 Å². The fourth-order valence-corrected chi connectivity index (χ4v) is 5.88. The molecule has 10 heteroatoms. The fraction of sp³-hybridized carbons (Fsp3) is 0.458. The molecule has 2 heterocycles. The Labute approximate surface area is 200 Å². The number of methoxy groups -OCH3 is 1. The van der Waals surface area contributed by atoms with E-state index in [4.69, 9.17) is 14.2 Å². The molecule has 2 amide bonds. The minimum atomic E-state index is -3.87. The van der Waals surface area contributed by atoms with Gasteiger partial charge in [0, 0.05) is 26.2 Å². The van der Waals surface area contributed by atoms with Crippen LogP contribution in [-0.2, 0) is 14.8 Å². The zero-order valence-electron chi connectivity index (χ0n) is 19.8. The Morgan fingerprint density at radius 3 is 2.38 bits per heavy atom. The molecule has 2 aliphatic heterocycles. The third-order valence-corrected chi connectivity index (χ3v) is 7.94. The summed E-state index contributed by atoms with van der Waals surface area (Å²) >= 11 is 0. The van der Waals surface area contributed by atoms with Gasteiger partial charge in [0.2, 0.25) is 10.0 Å². The Morgan fingerprint density at radius 2 is 1.74 bits per heavy atom. The van der Waals surface area contributed by atoms with Gasteiger partial charge in [-0.15, -0.1) is 0 Å². The van der Waals surface area contributed by atoms with Crippen LogP contribution in [0.2, 0.25) is 0 Å². The van der Waals surface area contributed by atoms with Crippen LogP contribution in [0.1, 0.15) is 24.2 Å². The summed E-state index contributed by atoms with van der Waals surface area (Å²) in [7, 11) is -2.32. The number of ether oxygens (including phenoxy) is 3. The number of amides is 2. The van der Waals surface area contributed by atoms with Gasteiger partial charge >= 0.3 is 6.03 Å². The molecule has 184 valence electrons. The van der Waals surface area contributed by atoms with Gasteiger partial charge in [-0.1, -0.05) is 23.8 Å².